The second kappa shape index (κ2) is 9.56. The van der Waals surface area contributed by atoms with Crippen molar-refractivity contribution in [2.24, 2.45) is 5.73 Å². The zero-order chi connectivity index (χ0) is 19.9. The van der Waals surface area contributed by atoms with Gasteiger partial charge in [-0.3, -0.25) is 4.79 Å². The molecule has 148 valence electrons. The molecule has 4 heteroatoms. The van der Waals surface area contributed by atoms with Crippen LogP contribution in [0.2, 0.25) is 0 Å². The van der Waals surface area contributed by atoms with Gasteiger partial charge in [-0.15, -0.1) is 0 Å². The van der Waals surface area contributed by atoms with Gasteiger partial charge in [0.1, 0.15) is 5.75 Å². The maximum Gasteiger partial charge on any atom is 0.159 e. The third-order valence-corrected chi connectivity index (χ3v) is 5.19. The number of hydrogen-bond donors (Lipinski definition) is 2. The van der Waals surface area contributed by atoms with Crippen LogP contribution in [0.1, 0.15) is 61.0 Å². The predicted molar refractivity (Wildman–Crippen MR) is 115 cm³/mol. The Bertz CT molecular complexity index is 840. The number of nitrogens with one attached hydrogen (secondary N) is 1. The number of ether oxygens (including phenoxy) is 1. The van der Waals surface area contributed by atoms with E-state index in [9.17, 15) is 4.79 Å². The number of hydrogen-bond acceptors (Lipinski definition) is 4. The van der Waals surface area contributed by atoms with E-state index >= 15 is 0 Å². The smallest absolute Gasteiger partial charge is 0.159 e. The summed E-state index contributed by atoms with van der Waals surface area (Å²) in [4.78, 5) is 11.6. The average molecular weight is 379 g/mol. The van der Waals surface area contributed by atoms with E-state index in [1.54, 1.807) is 6.92 Å². The highest BCUT2D eigenvalue weighted by atomic mass is 16.5. The molecule has 0 spiro atoms. The largest absolute Gasteiger partial charge is 0.490 e. The van der Waals surface area contributed by atoms with Gasteiger partial charge in [-0.2, -0.15) is 0 Å². The van der Waals surface area contributed by atoms with Gasteiger partial charge in [0, 0.05) is 17.7 Å². The third kappa shape index (κ3) is 4.82. The molecule has 3 rings (SSSR count). The van der Waals surface area contributed by atoms with E-state index in [0.717, 1.165) is 54.7 Å². The number of rotatable bonds is 9. The summed E-state index contributed by atoms with van der Waals surface area (Å²) >= 11 is 0. The molecule has 0 radical (unpaired) electrons. The van der Waals surface area contributed by atoms with Gasteiger partial charge in [-0.1, -0.05) is 44.0 Å². The van der Waals surface area contributed by atoms with Crippen LogP contribution in [0, 0.1) is 0 Å². The van der Waals surface area contributed by atoms with E-state index in [2.05, 4.69) is 30.4 Å². The Morgan fingerprint density at radius 2 is 1.96 bits per heavy atom. The number of ketones is 1. The monoisotopic (exact) mass is 378 g/mol. The van der Waals surface area contributed by atoms with Crippen LogP contribution in [0.4, 0.5) is 0 Å². The lowest BCUT2D eigenvalue weighted by atomic mass is 9.95. The minimum absolute atomic E-state index is 0.0792. The lowest BCUT2D eigenvalue weighted by molar-refractivity contribution is 0.101. The van der Waals surface area contributed by atoms with Gasteiger partial charge in [-0.25, -0.2) is 0 Å². The van der Waals surface area contributed by atoms with Crippen molar-refractivity contribution in [3.63, 3.8) is 0 Å². The Morgan fingerprint density at radius 1 is 1.18 bits per heavy atom. The fraction of sp³-hybridized carbons (Fsp3) is 0.375. The van der Waals surface area contributed by atoms with Gasteiger partial charge in [0.2, 0.25) is 0 Å². The minimum Gasteiger partial charge on any atom is -0.490 e. The summed E-state index contributed by atoms with van der Waals surface area (Å²) < 4.78 is 6.47. The predicted octanol–water partition coefficient (Wildman–Crippen LogP) is 4.92. The van der Waals surface area contributed by atoms with E-state index in [4.69, 9.17) is 10.5 Å². The number of benzene rings is 2. The Labute approximate surface area is 167 Å². The fourth-order valence-electron chi connectivity index (χ4n) is 3.54. The second-order valence-electron chi connectivity index (χ2n) is 7.35. The van der Waals surface area contributed by atoms with E-state index in [1.165, 1.54) is 11.1 Å². The fourth-order valence-corrected chi connectivity index (χ4v) is 3.54. The molecule has 3 N–H and O–H groups in total. The molecule has 2 aromatic carbocycles. The molecule has 0 saturated carbocycles. The average Bonchev–Trinajstić information content (AvgIpc) is 2.72. The minimum atomic E-state index is 0.0792. The van der Waals surface area contributed by atoms with Crippen LogP contribution in [0.25, 0.3) is 17.2 Å². The van der Waals surface area contributed by atoms with Crippen LogP contribution in [0.3, 0.4) is 0 Å². The Morgan fingerprint density at radius 3 is 2.64 bits per heavy atom. The highest BCUT2D eigenvalue weighted by molar-refractivity contribution is 5.94. The van der Waals surface area contributed by atoms with Crippen molar-refractivity contribution in [3.05, 3.63) is 59.3 Å². The Balaban J connectivity index is 1.95. The Kier molecular flexibility index (Phi) is 6.88. The number of nitrogens with two attached hydrogens (primary N) is 1. The van der Waals surface area contributed by atoms with Gasteiger partial charge in [0.05, 0.1) is 6.10 Å². The topological polar surface area (TPSA) is 64.3 Å². The van der Waals surface area contributed by atoms with Crippen LogP contribution in [0.5, 0.6) is 5.75 Å². The highest BCUT2D eigenvalue weighted by Gasteiger charge is 2.17. The summed E-state index contributed by atoms with van der Waals surface area (Å²) in [6.07, 6.45) is 8.35. The number of unbranched alkanes of at least 4 members (excludes halogenated alkanes) is 1. The van der Waals surface area contributed by atoms with Crippen LogP contribution in [-0.2, 0) is 6.54 Å². The molecule has 4 nitrogen and oxygen atoms in total. The summed E-state index contributed by atoms with van der Waals surface area (Å²) in [5, 5.41) is 3.29. The first-order valence-corrected chi connectivity index (χ1v) is 10.2. The van der Waals surface area contributed by atoms with Crippen molar-refractivity contribution in [2.45, 2.75) is 52.2 Å². The van der Waals surface area contributed by atoms with Gasteiger partial charge < -0.3 is 15.8 Å². The molecule has 1 unspecified atom stereocenters. The zero-order valence-corrected chi connectivity index (χ0v) is 16.8. The van der Waals surface area contributed by atoms with E-state index in [0.29, 0.717) is 6.54 Å². The lowest BCUT2D eigenvalue weighted by Gasteiger charge is -2.24. The molecule has 1 aliphatic heterocycles. The quantitative estimate of drug-likeness (QED) is 0.608. The van der Waals surface area contributed by atoms with Gasteiger partial charge in [0.15, 0.2) is 5.78 Å². The molecule has 1 aliphatic rings. The van der Waals surface area contributed by atoms with Crippen molar-refractivity contribution in [1.82, 2.24) is 5.32 Å². The maximum atomic E-state index is 11.6. The van der Waals surface area contributed by atoms with E-state index in [1.807, 2.05) is 30.5 Å². The molecule has 28 heavy (non-hydrogen) atoms. The molecule has 0 saturated heterocycles. The van der Waals surface area contributed by atoms with Crippen LogP contribution >= 0.6 is 0 Å². The van der Waals surface area contributed by atoms with E-state index in [-0.39, 0.29) is 11.9 Å². The first-order valence-electron chi connectivity index (χ1n) is 10.2. The van der Waals surface area contributed by atoms with Crippen molar-refractivity contribution in [1.29, 1.82) is 0 Å². The number of carbonyl (C=O) groups excluding carboxylic acids is 1. The molecule has 1 atom stereocenters. The molecule has 0 bridgehead atoms. The molecule has 1 heterocycles. The Hall–Kier alpha value is -2.59. The molecular weight excluding hydrogens is 348 g/mol. The zero-order valence-electron chi connectivity index (χ0n) is 16.8. The maximum absolute atomic E-state index is 11.6. The third-order valence-electron chi connectivity index (χ3n) is 5.19. The van der Waals surface area contributed by atoms with Gasteiger partial charge in [0.25, 0.3) is 0 Å². The summed E-state index contributed by atoms with van der Waals surface area (Å²) in [6, 6.07) is 12.1. The van der Waals surface area contributed by atoms with Crippen molar-refractivity contribution in [2.75, 3.05) is 6.54 Å². The van der Waals surface area contributed by atoms with Crippen molar-refractivity contribution in [3.8, 4) is 16.9 Å². The van der Waals surface area contributed by atoms with E-state index < -0.39 is 0 Å². The van der Waals surface area contributed by atoms with Crippen molar-refractivity contribution < 1.29 is 9.53 Å². The van der Waals surface area contributed by atoms with Gasteiger partial charge >= 0.3 is 0 Å². The summed E-state index contributed by atoms with van der Waals surface area (Å²) in [5.41, 5.74) is 11.1. The second-order valence-corrected chi connectivity index (χ2v) is 7.35. The first-order chi connectivity index (χ1) is 13.6. The standard InChI is InChI=1S/C24H30N2O2/c1-3-4-5-22(10-12-25)28-24-15-21(14-20-11-13-26-16-23(20)24)19-8-6-18(7-9-19)17(2)27/h6-9,11,13-15,22,26H,3-5,10,12,16,25H2,1-2H3. The SMILES string of the molecule is CCCCC(CCN)Oc1cc(-c2ccc(C(C)=O)cc2)cc2c1CNC=C2. The lowest BCUT2D eigenvalue weighted by Crippen LogP contribution is -2.22. The number of carbonyl (C=O) groups is 1. The summed E-state index contributed by atoms with van der Waals surface area (Å²) in [7, 11) is 0. The van der Waals surface area contributed by atoms with Crippen LogP contribution in [0.15, 0.2) is 42.6 Å². The van der Waals surface area contributed by atoms with Crippen LogP contribution < -0.4 is 15.8 Å². The molecule has 0 aliphatic carbocycles. The van der Waals surface area contributed by atoms with Crippen LogP contribution in [-0.4, -0.2) is 18.4 Å². The molecule has 0 amide bonds. The molecule has 0 fully saturated rings. The summed E-state index contributed by atoms with van der Waals surface area (Å²) in [5.74, 6) is 1.00. The number of Topliss-reactive ketones (excluding diaryl/α,β-unsaturated/α-hetero) is 1. The first kappa shape index (κ1) is 20.2. The highest BCUT2D eigenvalue weighted by Crippen LogP contribution is 2.34. The normalized spacial score (nSPS) is 13.5. The number of fused-ring (bicyclic) bond motifs is 1. The molecule has 2 aromatic rings. The molecule has 0 aromatic heterocycles. The van der Waals surface area contributed by atoms with Crippen molar-refractivity contribution >= 4 is 11.9 Å². The summed E-state index contributed by atoms with van der Waals surface area (Å²) in [6.45, 7) is 5.17. The molecular formula is C24H30N2O2. The van der Waals surface area contributed by atoms with Gasteiger partial charge in [-0.05, 0) is 67.4 Å².